The normalized spacial score (nSPS) is 13.9. The maximum Gasteiger partial charge on any atom is 0.258 e. The van der Waals surface area contributed by atoms with E-state index in [1.54, 1.807) is 12.1 Å². The van der Waals surface area contributed by atoms with E-state index in [-0.39, 0.29) is 11.8 Å². The van der Waals surface area contributed by atoms with Crippen LogP contribution in [0.3, 0.4) is 0 Å². The predicted molar refractivity (Wildman–Crippen MR) is 144 cm³/mol. The Morgan fingerprint density at radius 1 is 0.943 bits per heavy atom. The number of halogens is 1. The van der Waals surface area contributed by atoms with Gasteiger partial charge >= 0.3 is 0 Å². The first-order valence-corrected chi connectivity index (χ1v) is 12.0. The predicted octanol–water partition coefficient (Wildman–Crippen LogP) is 5.30. The Hall–Kier alpha value is -3.61. The summed E-state index contributed by atoms with van der Waals surface area (Å²) in [4.78, 5) is 29.9. The molecule has 0 atom stereocenters. The van der Waals surface area contributed by atoms with Crippen molar-refractivity contribution in [1.82, 2.24) is 9.80 Å². The Morgan fingerprint density at radius 3 is 2.31 bits per heavy atom. The first-order chi connectivity index (χ1) is 16.9. The Bertz CT molecular complexity index is 1250. The van der Waals surface area contributed by atoms with Crippen LogP contribution in [-0.4, -0.2) is 55.3 Å². The van der Waals surface area contributed by atoms with Gasteiger partial charge in [-0.2, -0.15) is 0 Å². The summed E-state index contributed by atoms with van der Waals surface area (Å²) in [6.45, 7) is 4.11. The molecular formula is C28H29ClN4O2. The lowest BCUT2D eigenvalue weighted by molar-refractivity contribution is -0.110. The third kappa shape index (κ3) is 5.56. The molecule has 0 radical (unpaired) electrons. The van der Waals surface area contributed by atoms with Gasteiger partial charge in [0.2, 0.25) is 0 Å². The van der Waals surface area contributed by atoms with Crippen LogP contribution in [0.1, 0.15) is 28.4 Å². The highest BCUT2D eigenvalue weighted by atomic mass is 35.5. The molecule has 6 nitrogen and oxygen atoms in total. The lowest BCUT2D eigenvalue weighted by atomic mass is 10.00. The van der Waals surface area contributed by atoms with Crippen molar-refractivity contribution in [2.45, 2.75) is 6.92 Å². The van der Waals surface area contributed by atoms with Crippen molar-refractivity contribution >= 4 is 46.1 Å². The fourth-order valence-corrected chi connectivity index (χ4v) is 4.20. The zero-order chi connectivity index (χ0) is 24.9. The van der Waals surface area contributed by atoms with Crippen molar-refractivity contribution in [3.05, 3.63) is 94.5 Å². The quantitative estimate of drug-likeness (QED) is 0.422. The van der Waals surface area contributed by atoms with E-state index in [0.717, 1.165) is 23.4 Å². The second-order valence-electron chi connectivity index (χ2n) is 8.65. The molecule has 0 fully saturated rings. The summed E-state index contributed by atoms with van der Waals surface area (Å²) in [5.74, 6) is -0.191. The number of fused-ring (bicyclic) bond motifs is 1. The Morgan fingerprint density at radius 2 is 1.66 bits per heavy atom. The van der Waals surface area contributed by atoms with E-state index in [9.17, 15) is 9.59 Å². The number of nitrogens with one attached hydrogen (secondary N) is 2. The third-order valence-corrected chi connectivity index (χ3v) is 6.16. The second-order valence-corrected chi connectivity index (χ2v) is 9.09. The van der Waals surface area contributed by atoms with Crippen LogP contribution in [0.15, 0.2) is 72.8 Å². The minimum Gasteiger partial charge on any atom is -0.354 e. The lowest BCUT2D eigenvalue weighted by Gasteiger charge is -2.23. The monoisotopic (exact) mass is 488 g/mol. The van der Waals surface area contributed by atoms with E-state index in [0.29, 0.717) is 40.6 Å². The molecule has 35 heavy (non-hydrogen) atoms. The first-order valence-electron chi connectivity index (χ1n) is 11.6. The molecule has 2 amide bonds. The number of amides is 2. The maximum absolute atomic E-state index is 13.0. The smallest absolute Gasteiger partial charge is 0.258 e. The van der Waals surface area contributed by atoms with Gasteiger partial charge in [0.15, 0.2) is 0 Å². The summed E-state index contributed by atoms with van der Waals surface area (Å²) in [5.41, 5.74) is 4.99. The van der Waals surface area contributed by atoms with Crippen molar-refractivity contribution in [3.8, 4) is 0 Å². The number of carbonyl (C=O) groups excluding carboxylic acids is 2. The molecule has 1 heterocycles. The zero-order valence-electron chi connectivity index (χ0n) is 20.1. The van der Waals surface area contributed by atoms with E-state index >= 15 is 0 Å². The summed E-state index contributed by atoms with van der Waals surface area (Å²) < 4.78 is 0. The Labute approximate surface area is 211 Å². The molecular weight excluding hydrogens is 460 g/mol. The van der Waals surface area contributed by atoms with Gasteiger partial charge in [-0.05, 0) is 63.0 Å². The molecule has 3 aromatic carbocycles. The van der Waals surface area contributed by atoms with Gasteiger partial charge in [-0.15, -0.1) is 0 Å². The van der Waals surface area contributed by atoms with Gasteiger partial charge in [-0.3, -0.25) is 9.59 Å². The van der Waals surface area contributed by atoms with Crippen LogP contribution in [0.5, 0.6) is 0 Å². The first kappa shape index (κ1) is 24.5. The molecule has 0 bridgehead atoms. The number of carbonyl (C=O) groups is 2. The van der Waals surface area contributed by atoms with Crippen molar-refractivity contribution in [2.24, 2.45) is 0 Å². The van der Waals surface area contributed by atoms with E-state index in [1.165, 1.54) is 0 Å². The second kappa shape index (κ2) is 10.8. The van der Waals surface area contributed by atoms with Gasteiger partial charge in [0, 0.05) is 41.5 Å². The molecule has 0 saturated heterocycles. The van der Waals surface area contributed by atoms with Crippen LogP contribution in [0.2, 0.25) is 5.02 Å². The number of benzene rings is 3. The average molecular weight is 489 g/mol. The summed E-state index contributed by atoms with van der Waals surface area (Å²) in [6.07, 6.45) is 0. The highest BCUT2D eigenvalue weighted by Gasteiger charge is 2.28. The van der Waals surface area contributed by atoms with Gasteiger partial charge in [0.1, 0.15) is 0 Å². The van der Waals surface area contributed by atoms with Crippen molar-refractivity contribution in [3.63, 3.8) is 0 Å². The van der Waals surface area contributed by atoms with Gasteiger partial charge in [-0.25, -0.2) is 0 Å². The van der Waals surface area contributed by atoms with Crippen LogP contribution in [0, 0.1) is 0 Å². The molecule has 0 spiro atoms. The zero-order valence-corrected chi connectivity index (χ0v) is 20.9. The molecule has 180 valence electrons. The SMILES string of the molecule is CCN(CCN(C)C)C(=O)c1ccc(NC(=C2C(=O)Nc3cc(Cl)ccc32)c2ccccc2)cc1. The third-order valence-electron chi connectivity index (χ3n) is 5.93. The largest absolute Gasteiger partial charge is 0.354 e. The molecule has 0 aliphatic carbocycles. The molecule has 0 aromatic heterocycles. The van der Waals surface area contributed by atoms with Crippen LogP contribution < -0.4 is 10.6 Å². The molecule has 1 aliphatic rings. The van der Waals surface area contributed by atoms with Crippen LogP contribution in [-0.2, 0) is 4.79 Å². The lowest BCUT2D eigenvalue weighted by Crippen LogP contribution is -2.36. The topological polar surface area (TPSA) is 64.7 Å². The van der Waals surface area contributed by atoms with Crippen molar-refractivity contribution in [1.29, 1.82) is 0 Å². The molecule has 3 aromatic rings. The number of hydrogen-bond acceptors (Lipinski definition) is 4. The standard InChI is InChI=1S/C28H29ClN4O2/c1-4-33(17-16-32(2)3)28(35)20-10-13-22(14-11-20)30-26(19-8-6-5-7-9-19)25-23-15-12-21(29)18-24(23)31-27(25)34/h5-15,18,30H,4,16-17H2,1-3H3,(H,31,34). The highest BCUT2D eigenvalue weighted by Crippen LogP contribution is 2.38. The molecule has 1 aliphatic heterocycles. The molecule has 0 unspecified atom stereocenters. The average Bonchev–Trinajstić information content (AvgIpc) is 3.18. The van der Waals surface area contributed by atoms with E-state index in [2.05, 4.69) is 15.5 Å². The fourth-order valence-electron chi connectivity index (χ4n) is 4.02. The molecule has 4 rings (SSSR count). The summed E-state index contributed by atoms with van der Waals surface area (Å²) in [6, 6.07) is 22.5. The van der Waals surface area contributed by atoms with Gasteiger partial charge < -0.3 is 20.4 Å². The Kier molecular flexibility index (Phi) is 7.54. The number of hydrogen-bond donors (Lipinski definition) is 2. The van der Waals surface area contributed by atoms with E-state index < -0.39 is 0 Å². The van der Waals surface area contributed by atoms with Crippen LogP contribution in [0.4, 0.5) is 11.4 Å². The fraction of sp³-hybridized carbons (Fsp3) is 0.214. The molecule has 0 saturated carbocycles. The number of nitrogens with zero attached hydrogens (tertiary/aromatic N) is 2. The van der Waals surface area contributed by atoms with Crippen molar-refractivity contribution in [2.75, 3.05) is 44.4 Å². The molecule has 2 N–H and O–H groups in total. The number of rotatable bonds is 8. The molecule has 7 heteroatoms. The number of likely N-dealkylation sites (N-methyl/N-ethyl adjacent to an activating group) is 2. The van der Waals surface area contributed by atoms with Gasteiger partial charge in [0.05, 0.1) is 17.0 Å². The summed E-state index contributed by atoms with van der Waals surface area (Å²) in [7, 11) is 3.99. The Balaban J connectivity index is 1.66. The summed E-state index contributed by atoms with van der Waals surface area (Å²) in [5, 5.41) is 6.90. The van der Waals surface area contributed by atoms with Crippen molar-refractivity contribution < 1.29 is 9.59 Å². The van der Waals surface area contributed by atoms with Crippen LogP contribution >= 0.6 is 11.6 Å². The van der Waals surface area contributed by atoms with Crippen LogP contribution in [0.25, 0.3) is 11.3 Å². The van der Waals surface area contributed by atoms with E-state index in [1.807, 2.05) is 86.6 Å². The summed E-state index contributed by atoms with van der Waals surface area (Å²) >= 11 is 6.14. The van der Waals surface area contributed by atoms with E-state index in [4.69, 9.17) is 11.6 Å². The number of anilines is 2. The van der Waals surface area contributed by atoms with Gasteiger partial charge in [-0.1, -0.05) is 48.0 Å². The minimum absolute atomic E-state index is 0.00325. The highest BCUT2D eigenvalue weighted by molar-refractivity contribution is 6.38. The minimum atomic E-state index is -0.195. The van der Waals surface area contributed by atoms with Gasteiger partial charge in [0.25, 0.3) is 11.8 Å². The maximum atomic E-state index is 13.0.